The van der Waals surface area contributed by atoms with Crippen molar-refractivity contribution < 1.29 is 0 Å². The van der Waals surface area contributed by atoms with Gasteiger partial charge in [-0.2, -0.15) is 0 Å². The fourth-order valence-electron chi connectivity index (χ4n) is 1.41. The average molecular weight is 242 g/mol. The molecule has 90 valence electrons. The quantitative estimate of drug-likeness (QED) is 0.873. The molecule has 4 heteroatoms. The molecule has 0 aliphatic carbocycles. The molecule has 0 bridgehead atoms. The second-order valence-corrected chi connectivity index (χ2v) is 4.84. The Kier molecular flexibility index (Phi) is 4.14. The largest absolute Gasteiger partial charge is 0.363 e. The second-order valence-electron chi connectivity index (χ2n) is 4.48. The predicted molar refractivity (Wildman–Crippen MR) is 69.1 cm³/mol. The number of halogens is 1. The van der Waals surface area contributed by atoms with Gasteiger partial charge >= 0.3 is 0 Å². The molecule has 0 fully saturated rings. The summed E-state index contributed by atoms with van der Waals surface area (Å²) >= 11 is 5.92. The molecule has 1 rings (SSSR count). The first kappa shape index (κ1) is 13.2. The summed E-state index contributed by atoms with van der Waals surface area (Å²) in [5.41, 5.74) is 2.14. The third-order valence-corrected chi connectivity index (χ3v) is 3.80. The topological polar surface area (TPSA) is 37.8 Å². The number of anilines is 1. The van der Waals surface area contributed by atoms with Crippen molar-refractivity contribution >= 4 is 17.4 Å². The number of nitrogens with one attached hydrogen (secondary N) is 1. The van der Waals surface area contributed by atoms with Crippen LogP contribution in [-0.4, -0.2) is 15.7 Å². The zero-order valence-corrected chi connectivity index (χ0v) is 11.4. The van der Waals surface area contributed by atoms with E-state index in [9.17, 15) is 0 Å². The van der Waals surface area contributed by atoms with E-state index in [-0.39, 0.29) is 5.54 Å². The van der Waals surface area contributed by atoms with Crippen LogP contribution in [0, 0.1) is 13.8 Å². The number of hydrogen-bond donors (Lipinski definition) is 1. The zero-order valence-electron chi connectivity index (χ0n) is 10.7. The highest BCUT2D eigenvalue weighted by Gasteiger charge is 2.21. The van der Waals surface area contributed by atoms with Gasteiger partial charge in [-0.15, -0.1) is 10.2 Å². The van der Waals surface area contributed by atoms with E-state index in [1.165, 1.54) is 0 Å². The SMILES string of the molecule is CCC(C)(CC)Nc1nnc(Cl)c(C)c1C. The second kappa shape index (κ2) is 5.00. The van der Waals surface area contributed by atoms with Crippen molar-refractivity contribution in [3.05, 3.63) is 16.3 Å². The Morgan fingerprint density at radius 1 is 1.12 bits per heavy atom. The van der Waals surface area contributed by atoms with Crippen LogP contribution < -0.4 is 5.32 Å². The molecule has 0 saturated carbocycles. The van der Waals surface area contributed by atoms with Gasteiger partial charge in [0.25, 0.3) is 0 Å². The standard InChI is InChI=1S/C12H20ClN3/c1-6-12(5,7-2)14-11-9(4)8(3)10(13)15-16-11/h6-7H2,1-5H3,(H,14,16). The molecule has 0 amide bonds. The zero-order chi connectivity index (χ0) is 12.3. The molecular weight excluding hydrogens is 222 g/mol. The molecule has 1 aromatic heterocycles. The number of hydrogen-bond acceptors (Lipinski definition) is 3. The van der Waals surface area contributed by atoms with E-state index in [0.717, 1.165) is 29.8 Å². The van der Waals surface area contributed by atoms with Crippen LogP contribution >= 0.6 is 11.6 Å². The van der Waals surface area contributed by atoms with Gasteiger partial charge in [-0.1, -0.05) is 25.4 Å². The number of nitrogens with zero attached hydrogens (tertiary/aromatic N) is 2. The molecule has 1 aromatic rings. The lowest BCUT2D eigenvalue weighted by Gasteiger charge is -2.29. The Hall–Kier alpha value is -0.830. The van der Waals surface area contributed by atoms with Crippen LogP contribution in [0.25, 0.3) is 0 Å². The maximum Gasteiger partial charge on any atom is 0.155 e. The molecule has 0 aliphatic rings. The van der Waals surface area contributed by atoms with Gasteiger partial charge in [0, 0.05) is 5.54 Å². The Morgan fingerprint density at radius 3 is 2.19 bits per heavy atom. The minimum atomic E-state index is 0.0692. The maximum atomic E-state index is 5.92. The van der Waals surface area contributed by atoms with Crippen LogP contribution in [0.4, 0.5) is 5.82 Å². The maximum absolute atomic E-state index is 5.92. The van der Waals surface area contributed by atoms with E-state index in [0.29, 0.717) is 5.15 Å². The van der Waals surface area contributed by atoms with Gasteiger partial charge in [-0.3, -0.25) is 0 Å². The molecule has 0 saturated heterocycles. The summed E-state index contributed by atoms with van der Waals surface area (Å²) in [5, 5.41) is 12.0. The van der Waals surface area contributed by atoms with Crippen molar-refractivity contribution in [3.8, 4) is 0 Å². The lowest BCUT2D eigenvalue weighted by molar-refractivity contribution is 0.475. The van der Waals surface area contributed by atoms with E-state index < -0.39 is 0 Å². The first-order valence-electron chi connectivity index (χ1n) is 5.71. The number of aromatic nitrogens is 2. The minimum Gasteiger partial charge on any atom is -0.363 e. The molecule has 0 unspecified atom stereocenters. The highest BCUT2D eigenvalue weighted by Crippen LogP contribution is 2.25. The molecule has 0 aliphatic heterocycles. The van der Waals surface area contributed by atoms with Gasteiger partial charge in [-0.05, 0) is 44.7 Å². The molecule has 0 atom stereocenters. The van der Waals surface area contributed by atoms with Crippen LogP contribution in [0.5, 0.6) is 0 Å². The Balaban J connectivity index is 3.03. The lowest BCUT2D eigenvalue weighted by atomic mass is 9.95. The van der Waals surface area contributed by atoms with E-state index in [4.69, 9.17) is 11.6 Å². The summed E-state index contributed by atoms with van der Waals surface area (Å²) < 4.78 is 0. The van der Waals surface area contributed by atoms with Crippen LogP contribution in [0.3, 0.4) is 0 Å². The van der Waals surface area contributed by atoms with Gasteiger partial charge in [0.05, 0.1) is 0 Å². The summed E-state index contributed by atoms with van der Waals surface area (Å²) in [7, 11) is 0. The van der Waals surface area contributed by atoms with Crippen molar-refractivity contribution in [2.45, 2.75) is 53.0 Å². The average Bonchev–Trinajstić information content (AvgIpc) is 2.30. The van der Waals surface area contributed by atoms with Gasteiger partial charge in [0.15, 0.2) is 11.0 Å². The summed E-state index contributed by atoms with van der Waals surface area (Å²) in [6, 6.07) is 0. The Labute approximate surface area is 103 Å². The van der Waals surface area contributed by atoms with E-state index in [1.54, 1.807) is 0 Å². The van der Waals surface area contributed by atoms with Crippen LogP contribution in [0.2, 0.25) is 5.15 Å². The monoisotopic (exact) mass is 241 g/mol. The van der Waals surface area contributed by atoms with Crippen LogP contribution in [0.15, 0.2) is 0 Å². The highest BCUT2D eigenvalue weighted by atomic mass is 35.5. The van der Waals surface area contributed by atoms with E-state index in [2.05, 4.69) is 36.3 Å². The van der Waals surface area contributed by atoms with Crippen molar-refractivity contribution in [2.75, 3.05) is 5.32 Å². The van der Waals surface area contributed by atoms with Crippen molar-refractivity contribution in [1.82, 2.24) is 10.2 Å². The molecular formula is C12H20ClN3. The Morgan fingerprint density at radius 2 is 1.69 bits per heavy atom. The molecule has 0 radical (unpaired) electrons. The molecule has 0 spiro atoms. The summed E-state index contributed by atoms with van der Waals surface area (Å²) in [5.74, 6) is 0.841. The van der Waals surface area contributed by atoms with Crippen molar-refractivity contribution in [2.24, 2.45) is 0 Å². The minimum absolute atomic E-state index is 0.0692. The molecule has 16 heavy (non-hydrogen) atoms. The van der Waals surface area contributed by atoms with Crippen LogP contribution in [-0.2, 0) is 0 Å². The lowest BCUT2D eigenvalue weighted by Crippen LogP contribution is -2.34. The van der Waals surface area contributed by atoms with Crippen molar-refractivity contribution in [1.29, 1.82) is 0 Å². The molecule has 1 N–H and O–H groups in total. The summed E-state index contributed by atoms with van der Waals surface area (Å²) in [6.07, 6.45) is 2.10. The van der Waals surface area contributed by atoms with Gasteiger partial charge in [0.2, 0.25) is 0 Å². The fraction of sp³-hybridized carbons (Fsp3) is 0.667. The van der Waals surface area contributed by atoms with Gasteiger partial charge in [-0.25, -0.2) is 0 Å². The highest BCUT2D eigenvalue weighted by molar-refractivity contribution is 6.30. The van der Waals surface area contributed by atoms with Crippen LogP contribution in [0.1, 0.15) is 44.7 Å². The van der Waals surface area contributed by atoms with Gasteiger partial charge < -0.3 is 5.32 Å². The van der Waals surface area contributed by atoms with E-state index >= 15 is 0 Å². The third-order valence-electron chi connectivity index (χ3n) is 3.45. The van der Waals surface area contributed by atoms with Crippen molar-refractivity contribution in [3.63, 3.8) is 0 Å². The van der Waals surface area contributed by atoms with Gasteiger partial charge in [0.1, 0.15) is 0 Å². The smallest absolute Gasteiger partial charge is 0.155 e. The first-order valence-corrected chi connectivity index (χ1v) is 6.09. The Bertz CT molecular complexity index is 373. The summed E-state index contributed by atoms with van der Waals surface area (Å²) in [4.78, 5) is 0. The fourth-order valence-corrected chi connectivity index (χ4v) is 1.59. The molecule has 1 heterocycles. The van der Waals surface area contributed by atoms with E-state index in [1.807, 2.05) is 13.8 Å². The summed E-state index contributed by atoms with van der Waals surface area (Å²) in [6.45, 7) is 10.5. The molecule has 3 nitrogen and oxygen atoms in total. The molecule has 0 aromatic carbocycles. The number of rotatable bonds is 4. The predicted octanol–water partition coefficient (Wildman–Crippen LogP) is 3.74. The first-order chi connectivity index (χ1) is 7.43. The third kappa shape index (κ3) is 2.64. The normalized spacial score (nSPS) is 11.6.